The van der Waals surface area contributed by atoms with Gasteiger partial charge < -0.3 is 19.9 Å². The summed E-state index contributed by atoms with van der Waals surface area (Å²) in [6, 6.07) is 0.287. The molecule has 96 valence electrons. The topological polar surface area (TPSA) is 50.7 Å². The van der Waals surface area contributed by atoms with Gasteiger partial charge in [-0.15, -0.1) is 0 Å². The van der Waals surface area contributed by atoms with Crippen molar-refractivity contribution in [2.24, 2.45) is 0 Å². The molecule has 0 aromatic heterocycles. The van der Waals surface area contributed by atoms with Gasteiger partial charge >= 0.3 is 0 Å². The van der Waals surface area contributed by atoms with Gasteiger partial charge in [-0.3, -0.25) is 0 Å². The van der Waals surface area contributed by atoms with Gasteiger partial charge in [-0.05, 0) is 33.1 Å². The number of aliphatic hydroxyl groups is 1. The van der Waals surface area contributed by atoms with Gasteiger partial charge in [0.05, 0.1) is 6.10 Å². The van der Waals surface area contributed by atoms with Gasteiger partial charge in [-0.1, -0.05) is 0 Å². The monoisotopic (exact) mass is 231 g/mol. The molecule has 16 heavy (non-hydrogen) atoms. The van der Waals surface area contributed by atoms with Gasteiger partial charge in [0.25, 0.3) is 0 Å². The molecule has 0 saturated carbocycles. The summed E-state index contributed by atoms with van der Waals surface area (Å²) in [7, 11) is 1.73. The molecule has 0 radical (unpaired) electrons. The van der Waals surface area contributed by atoms with Crippen LogP contribution in [0.15, 0.2) is 0 Å². The number of ether oxygens (including phenoxy) is 2. The number of rotatable bonds is 6. The van der Waals surface area contributed by atoms with E-state index >= 15 is 0 Å². The summed E-state index contributed by atoms with van der Waals surface area (Å²) in [6.45, 7) is 5.97. The number of methoxy groups -OCH3 is 1. The van der Waals surface area contributed by atoms with Crippen LogP contribution in [-0.4, -0.2) is 49.7 Å². The molecule has 1 aliphatic rings. The Balaban J connectivity index is 2.55. The molecule has 0 aromatic carbocycles. The van der Waals surface area contributed by atoms with E-state index in [4.69, 9.17) is 9.47 Å². The van der Waals surface area contributed by atoms with Crippen LogP contribution < -0.4 is 5.32 Å². The molecule has 0 aliphatic carbocycles. The van der Waals surface area contributed by atoms with Crippen LogP contribution in [0, 0.1) is 0 Å². The maximum Gasteiger partial charge on any atom is 0.0693 e. The first-order valence-electron chi connectivity index (χ1n) is 6.12. The third-order valence-corrected chi connectivity index (χ3v) is 3.65. The van der Waals surface area contributed by atoms with E-state index in [1.807, 2.05) is 0 Å². The van der Waals surface area contributed by atoms with Crippen molar-refractivity contribution in [3.05, 3.63) is 0 Å². The first kappa shape index (κ1) is 13.9. The molecule has 0 bridgehead atoms. The molecule has 4 nitrogen and oxygen atoms in total. The second-order valence-corrected chi connectivity index (χ2v) is 4.74. The Morgan fingerprint density at radius 3 is 2.50 bits per heavy atom. The number of hydrogen-bond acceptors (Lipinski definition) is 4. The molecule has 2 unspecified atom stereocenters. The highest BCUT2D eigenvalue weighted by Crippen LogP contribution is 2.25. The molecule has 0 amide bonds. The van der Waals surface area contributed by atoms with E-state index < -0.39 is 0 Å². The maximum atomic E-state index is 9.18. The third kappa shape index (κ3) is 3.70. The molecular weight excluding hydrogens is 206 g/mol. The zero-order chi connectivity index (χ0) is 12.0. The SMILES string of the molecule is COC(C)C(C)NC1(CCO)CCOCC1. The summed E-state index contributed by atoms with van der Waals surface area (Å²) in [5.74, 6) is 0. The Labute approximate surface area is 98.3 Å². The van der Waals surface area contributed by atoms with Crippen LogP contribution >= 0.6 is 0 Å². The summed E-state index contributed by atoms with van der Waals surface area (Å²) >= 11 is 0. The molecule has 1 fully saturated rings. The van der Waals surface area contributed by atoms with Crippen molar-refractivity contribution in [3.8, 4) is 0 Å². The van der Waals surface area contributed by atoms with Crippen LogP contribution in [0.4, 0.5) is 0 Å². The number of nitrogens with one attached hydrogen (secondary N) is 1. The van der Waals surface area contributed by atoms with Gasteiger partial charge in [0.1, 0.15) is 0 Å². The minimum absolute atomic E-state index is 0.0270. The lowest BCUT2D eigenvalue weighted by atomic mass is 9.85. The fourth-order valence-corrected chi connectivity index (χ4v) is 2.25. The van der Waals surface area contributed by atoms with Gasteiger partial charge in [0, 0.05) is 38.5 Å². The minimum Gasteiger partial charge on any atom is -0.396 e. The Bertz CT molecular complexity index is 187. The Morgan fingerprint density at radius 2 is 2.00 bits per heavy atom. The summed E-state index contributed by atoms with van der Waals surface area (Å²) in [4.78, 5) is 0. The molecule has 1 rings (SSSR count). The minimum atomic E-state index is 0.0270. The van der Waals surface area contributed by atoms with Crippen LogP contribution in [0.1, 0.15) is 33.1 Å². The van der Waals surface area contributed by atoms with E-state index in [2.05, 4.69) is 19.2 Å². The zero-order valence-electron chi connectivity index (χ0n) is 10.7. The molecule has 1 saturated heterocycles. The second-order valence-electron chi connectivity index (χ2n) is 4.74. The highest BCUT2D eigenvalue weighted by atomic mass is 16.5. The summed E-state index contributed by atoms with van der Waals surface area (Å²) < 4.78 is 10.7. The largest absolute Gasteiger partial charge is 0.396 e. The quantitative estimate of drug-likeness (QED) is 0.714. The molecule has 2 N–H and O–H groups in total. The standard InChI is InChI=1S/C12H25NO3/c1-10(11(2)15-3)13-12(4-7-14)5-8-16-9-6-12/h10-11,13-14H,4-9H2,1-3H3. The zero-order valence-corrected chi connectivity index (χ0v) is 10.7. The van der Waals surface area contributed by atoms with Gasteiger partial charge in [0.2, 0.25) is 0 Å². The molecule has 4 heteroatoms. The van der Waals surface area contributed by atoms with E-state index in [0.717, 1.165) is 32.5 Å². The Morgan fingerprint density at radius 1 is 1.38 bits per heavy atom. The summed E-state index contributed by atoms with van der Waals surface area (Å²) in [6.07, 6.45) is 2.90. The second kappa shape index (κ2) is 6.55. The first-order chi connectivity index (χ1) is 7.63. The van der Waals surface area contributed by atoms with Crippen LogP contribution in [-0.2, 0) is 9.47 Å². The van der Waals surface area contributed by atoms with Crippen LogP contribution in [0.3, 0.4) is 0 Å². The molecule has 0 aromatic rings. The first-order valence-corrected chi connectivity index (χ1v) is 6.12. The van der Waals surface area contributed by atoms with Crippen LogP contribution in [0.5, 0.6) is 0 Å². The van der Waals surface area contributed by atoms with Gasteiger partial charge in [0.15, 0.2) is 0 Å². The van der Waals surface area contributed by atoms with Crippen molar-refractivity contribution in [1.82, 2.24) is 5.32 Å². The highest BCUT2D eigenvalue weighted by Gasteiger charge is 2.33. The lowest BCUT2D eigenvalue weighted by Crippen LogP contribution is -2.56. The van der Waals surface area contributed by atoms with Crippen LogP contribution in [0.25, 0.3) is 0 Å². The van der Waals surface area contributed by atoms with Crippen molar-refractivity contribution in [1.29, 1.82) is 0 Å². The summed E-state index contributed by atoms with van der Waals surface area (Å²) in [5.41, 5.74) is 0.0270. The van der Waals surface area contributed by atoms with E-state index in [-0.39, 0.29) is 24.3 Å². The summed E-state index contributed by atoms with van der Waals surface area (Å²) in [5, 5.41) is 12.8. The van der Waals surface area contributed by atoms with E-state index in [1.54, 1.807) is 7.11 Å². The lowest BCUT2D eigenvalue weighted by Gasteiger charge is -2.41. The van der Waals surface area contributed by atoms with Gasteiger partial charge in [-0.25, -0.2) is 0 Å². The predicted molar refractivity (Wildman–Crippen MR) is 63.6 cm³/mol. The average molecular weight is 231 g/mol. The molecule has 0 spiro atoms. The number of hydrogen-bond donors (Lipinski definition) is 2. The normalized spacial score (nSPS) is 24.0. The van der Waals surface area contributed by atoms with Crippen molar-refractivity contribution >= 4 is 0 Å². The molecular formula is C12H25NO3. The van der Waals surface area contributed by atoms with Crippen LogP contribution in [0.2, 0.25) is 0 Å². The Kier molecular flexibility index (Phi) is 5.69. The van der Waals surface area contributed by atoms with E-state index in [9.17, 15) is 5.11 Å². The fourth-order valence-electron chi connectivity index (χ4n) is 2.25. The predicted octanol–water partition coefficient (Wildman–Crippen LogP) is 0.931. The lowest BCUT2D eigenvalue weighted by molar-refractivity contribution is 0.00679. The fraction of sp³-hybridized carbons (Fsp3) is 1.00. The average Bonchev–Trinajstić information content (AvgIpc) is 2.29. The van der Waals surface area contributed by atoms with Crippen molar-refractivity contribution in [2.45, 2.75) is 50.8 Å². The molecule has 2 atom stereocenters. The number of aliphatic hydroxyl groups excluding tert-OH is 1. The van der Waals surface area contributed by atoms with E-state index in [1.165, 1.54) is 0 Å². The Hall–Kier alpha value is -0.160. The molecule has 1 aliphatic heterocycles. The van der Waals surface area contributed by atoms with Crippen molar-refractivity contribution in [3.63, 3.8) is 0 Å². The van der Waals surface area contributed by atoms with E-state index in [0.29, 0.717) is 0 Å². The van der Waals surface area contributed by atoms with Crippen molar-refractivity contribution < 1.29 is 14.6 Å². The highest BCUT2D eigenvalue weighted by molar-refractivity contribution is 4.92. The van der Waals surface area contributed by atoms with Gasteiger partial charge in [-0.2, -0.15) is 0 Å². The molecule has 1 heterocycles. The maximum absolute atomic E-state index is 9.18. The third-order valence-electron chi connectivity index (χ3n) is 3.65. The van der Waals surface area contributed by atoms with Crippen molar-refractivity contribution in [2.75, 3.05) is 26.9 Å². The smallest absolute Gasteiger partial charge is 0.0693 e.